The molecule has 0 aliphatic carbocycles. The fourth-order valence-electron chi connectivity index (χ4n) is 2.65. The Hall–Kier alpha value is -3.15. The molecule has 1 atom stereocenters. The summed E-state index contributed by atoms with van der Waals surface area (Å²) in [6, 6.07) is 13.9. The van der Waals surface area contributed by atoms with Gasteiger partial charge >= 0.3 is 0 Å². The molecule has 1 aliphatic heterocycles. The molecule has 25 heavy (non-hydrogen) atoms. The van der Waals surface area contributed by atoms with Gasteiger partial charge in [0.05, 0.1) is 5.56 Å². The topological polar surface area (TPSA) is 75.7 Å². The number of anilines is 1. The summed E-state index contributed by atoms with van der Waals surface area (Å²) in [7, 11) is 0. The maximum atomic E-state index is 12.7. The third kappa shape index (κ3) is 3.38. The molecule has 0 spiro atoms. The SMILES string of the molecule is Cc1ccccc1NC(=O)CN1C(=O)c2ccccc2OC(C)C1=O. The predicted octanol–water partition coefficient (Wildman–Crippen LogP) is 2.38. The number of nitrogens with zero attached hydrogens (tertiary/aromatic N) is 1. The van der Waals surface area contributed by atoms with Crippen LogP contribution >= 0.6 is 0 Å². The van der Waals surface area contributed by atoms with Crippen molar-refractivity contribution in [1.29, 1.82) is 0 Å². The summed E-state index contributed by atoms with van der Waals surface area (Å²) in [5.74, 6) is -1.18. The van der Waals surface area contributed by atoms with Crippen LogP contribution in [0.15, 0.2) is 48.5 Å². The van der Waals surface area contributed by atoms with E-state index in [9.17, 15) is 14.4 Å². The third-order valence-corrected chi connectivity index (χ3v) is 4.00. The van der Waals surface area contributed by atoms with Crippen LogP contribution in [-0.2, 0) is 9.59 Å². The van der Waals surface area contributed by atoms with Gasteiger partial charge in [-0.3, -0.25) is 19.3 Å². The Morgan fingerprint density at radius 3 is 2.56 bits per heavy atom. The summed E-state index contributed by atoms with van der Waals surface area (Å²) in [5.41, 5.74) is 1.81. The molecule has 0 saturated carbocycles. The minimum absolute atomic E-state index is 0.267. The van der Waals surface area contributed by atoms with Crippen LogP contribution in [0.1, 0.15) is 22.8 Å². The summed E-state index contributed by atoms with van der Waals surface area (Å²) in [4.78, 5) is 38.5. The maximum Gasteiger partial charge on any atom is 0.270 e. The highest BCUT2D eigenvalue weighted by Gasteiger charge is 2.35. The van der Waals surface area contributed by atoms with Crippen LogP contribution in [0, 0.1) is 6.92 Å². The van der Waals surface area contributed by atoms with Crippen molar-refractivity contribution in [3.8, 4) is 5.75 Å². The van der Waals surface area contributed by atoms with Gasteiger partial charge in [0.1, 0.15) is 12.3 Å². The Labute approximate surface area is 145 Å². The summed E-state index contributed by atoms with van der Waals surface area (Å²) >= 11 is 0. The van der Waals surface area contributed by atoms with E-state index in [0.29, 0.717) is 11.4 Å². The van der Waals surface area contributed by atoms with Crippen molar-refractivity contribution in [1.82, 2.24) is 4.90 Å². The molecule has 0 radical (unpaired) electrons. The lowest BCUT2D eigenvalue weighted by Crippen LogP contribution is -2.45. The number of nitrogens with one attached hydrogen (secondary N) is 1. The first-order valence-corrected chi connectivity index (χ1v) is 7.94. The van der Waals surface area contributed by atoms with Crippen molar-refractivity contribution in [2.75, 3.05) is 11.9 Å². The van der Waals surface area contributed by atoms with Crippen molar-refractivity contribution in [3.05, 3.63) is 59.7 Å². The van der Waals surface area contributed by atoms with Crippen LogP contribution in [0.2, 0.25) is 0 Å². The van der Waals surface area contributed by atoms with E-state index in [1.54, 1.807) is 43.3 Å². The van der Waals surface area contributed by atoms with Gasteiger partial charge in [0.2, 0.25) is 5.91 Å². The van der Waals surface area contributed by atoms with Gasteiger partial charge in [0, 0.05) is 5.69 Å². The highest BCUT2D eigenvalue weighted by Crippen LogP contribution is 2.25. The monoisotopic (exact) mass is 338 g/mol. The van der Waals surface area contributed by atoms with Gasteiger partial charge in [-0.05, 0) is 37.6 Å². The molecule has 6 nitrogen and oxygen atoms in total. The Balaban J connectivity index is 1.83. The zero-order valence-electron chi connectivity index (χ0n) is 14.0. The first-order valence-electron chi connectivity index (χ1n) is 7.94. The molecule has 0 bridgehead atoms. The van der Waals surface area contributed by atoms with Crippen LogP contribution in [0.5, 0.6) is 5.75 Å². The van der Waals surface area contributed by atoms with Crippen LogP contribution in [-0.4, -0.2) is 35.3 Å². The van der Waals surface area contributed by atoms with Gasteiger partial charge < -0.3 is 10.1 Å². The lowest BCUT2D eigenvalue weighted by Gasteiger charge is -2.20. The standard InChI is InChI=1S/C19H18N2O4/c1-12-7-3-5-9-15(12)20-17(22)11-21-18(23)13(2)25-16-10-6-4-8-14(16)19(21)24/h3-10,13H,11H2,1-2H3,(H,20,22). The second kappa shape index (κ2) is 6.76. The van der Waals surface area contributed by atoms with Gasteiger partial charge in [0.15, 0.2) is 6.10 Å². The molecule has 0 fully saturated rings. The highest BCUT2D eigenvalue weighted by atomic mass is 16.5. The molecule has 1 unspecified atom stereocenters. The molecular weight excluding hydrogens is 320 g/mol. The van der Waals surface area contributed by atoms with Crippen molar-refractivity contribution < 1.29 is 19.1 Å². The van der Waals surface area contributed by atoms with E-state index in [-0.39, 0.29) is 12.1 Å². The van der Waals surface area contributed by atoms with E-state index >= 15 is 0 Å². The Morgan fingerprint density at radius 1 is 1.12 bits per heavy atom. The van der Waals surface area contributed by atoms with E-state index in [1.807, 2.05) is 19.1 Å². The predicted molar refractivity (Wildman–Crippen MR) is 92.4 cm³/mol. The Morgan fingerprint density at radius 2 is 1.80 bits per heavy atom. The molecule has 3 rings (SSSR count). The van der Waals surface area contributed by atoms with Gasteiger partial charge in [-0.15, -0.1) is 0 Å². The molecule has 2 aromatic rings. The lowest BCUT2D eigenvalue weighted by molar-refractivity contribution is -0.137. The molecule has 0 aromatic heterocycles. The fourth-order valence-corrected chi connectivity index (χ4v) is 2.65. The fraction of sp³-hybridized carbons (Fsp3) is 0.211. The number of para-hydroxylation sites is 2. The first-order chi connectivity index (χ1) is 12.0. The summed E-state index contributed by atoms with van der Waals surface area (Å²) in [5, 5.41) is 2.73. The number of ether oxygens (including phenoxy) is 1. The number of carbonyl (C=O) groups excluding carboxylic acids is 3. The third-order valence-electron chi connectivity index (χ3n) is 4.00. The van der Waals surface area contributed by atoms with E-state index in [2.05, 4.69) is 5.32 Å². The van der Waals surface area contributed by atoms with Crippen LogP contribution in [0.3, 0.4) is 0 Å². The average Bonchev–Trinajstić information content (AvgIpc) is 2.68. The van der Waals surface area contributed by atoms with Crippen molar-refractivity contribution in [2.45, 2.75) is 20.0 Å². The number of imide groups is 1. The van der Waals surface area contributed by atoms with E-state index in [0.717, 1.165) is 10.5 Å². The largest absolute Gasteiger partial charge is 0.480 e. The maximum absolute atomic E-state index is 12.7. The van der Waals surface area contributed by atoms with Crippen molar-refractivity contribution >= 4 is 23.4 Å². The zero-order valence-corrected chi connectivity index (χ0v) is 14.0. The summed E-state index contributed by atoms with van der Waals surface area (Å²) in [6.07, 6.45) is -0.848. The smallest absolute Gasteiger partial charge is 0.270 e. The first kappa shape index (κ1) is 16.7. The van der Waals surface area contributed by atoms with Crippen molar-refractivity contribution in [3.63, 3.8) is 0 Å². The van der Waals surface area contributed by atoms with Gasteiger partial charge in [-0.1, -0.05) is 30.3 Å². The van der Waals surface area contributed by atoms with E-state index in [4.69, 9.17) is 4.74 Å². The van der Waals surface area contributed by atoms with E-state index < -0.39 is 23.8 Å². The number of amides is 3. The second-order valence-electron chi connectivity index (χ2n) is 5.85. The average molecular weight is 338 g/mol. The van der Waals surface area contributed by atoms with Gasteiger partial charge in [-0.25, -0.2) is 0 Å². The van der Waals surface area contributed by atoms with E-state index in [1.165, 1.54) is 0 Å². The lowest BCUT2D eigenvalue weighted by atomic mass is 10.1. The minimum Gasteiger partial charge on any atom is -0.480 e. The molecule has 2 aromatic carbocycles. The summed E-state index contributed by atoms with van der Waals surface area (Å²) < 4.78 is 5.54. The quantitative estimate of drug-likeness (QED) is 0.872. The van der Waals surface area contributed by atoms with Gasteiger partial charge in [-0.2, -0.15) is 0 Å². The van der Waals surface area contributed by atoms with Crippen molar-refractivity contribution in [2.24, 2.45) is 0 Å². The van der Waals surface area contributed by atoms with Crippen LogP contribution in [0.4, 0.5) is 5.69 Å². The number of aryl methyl sites for hydroxylation is 1. The zero-order chi connectivity index (χ0) is 18.0. The normalized spacial score (nSPS) is 16.7. The minimum atomic E-state index is -0.848. The molecule has 128 valence electrons. The number of hydrogen-bond donors (Lipinski definition) is 1. The molecule has 1 heterocycles. The molecule has 6 heteroatoms. The number of benzene rings is 2. The highest BCUT2D eigenvalue weighted by molar-refractivity contribution is 6.11. The van der Waals surface area contributed by atoms with Gasteiger partial charge in [0.25, 0.3) is 11.8 Å². The molecule has 1 aliphatic rings. The molecule has 0 saturated heterocycles. The molecular formula is C19H18N2O4. The number of carbonyl (C=O) groups is 3. The summed E-state index contributed by atoms with van der Waals surface area (Å²) in [6.45, 7) is 3.06. The van der Waals surface area contributed by atoms with Crippen LogP contribution in [0.25, 0.3) is 0 Å². The Bertz CT molecular complexity index is 847. The molecule has 1 N–H and O–H groups in total. The number of hydrogen-bond acceptors (Lipinski definition) is 4. The van der Waals surface area contributed by atoms with Crippen LogP contribution < -0.4 is 10.1 Å². The second-order valence-corrected chi connectivity index (χ2v) is 5.85. The number of rotatable bonds is 3. The Kier molecular flexibility index (Phi) is 4.52. The molecule has 3 amide bonds. The number of fused-ring (bicyclic) bond motifs is 1.